The van der Waals surface area contributed by atoms with Gasteiger partial charge in [-0.3, -0.25) is 24.3 Å². The van der Waals surface area contributed by atoms with Crippen LogP contribution in [0.5, 0.6) is 0 Å². The first kappa shape index (κ1) is 35.5. The minimum Gasteiger partial charge on any atom is -0.379 e. The highest BCUT2D eigenvalue weighted by Gasteiger charge is 2.38. The molecule has 0 aliphatic carbocycles. The normalized spacial score (nSPS) is 15.3. The number of rotatable bonds is 10. The predicted molar refractivity (Wildman–Crippen MR) is 183 cm³/mol. The van der Waals surface area contributed by atoms with Crippen LogP contribution in [0.3, 0.4) is 0 Å². The molecule has 5 heterocycles. The number of carbonyl (C=O) groups is 3. The van der Waals surface area contributed by atoms with Gasteiger partial charge in [0.05, 0.1) is 47.5 Å². The largest absolute Gasteiger partial charge is 0.437 e. The van der Waals surface area contributed by atoms with Gasteiger partial charge in [0, 0.05) is 70.6 Å². The number of aromatic nitrogens is 4. The molecule has 2 aliphatic rings. The van der Waals surface area contributed by atoms with Crippen molar-refractivity contribution in [2.45, 2.75) is 25.4 Å². The van der Waals surface area contributed by atoms with Crippen LogP contribution >= 0.6 is 0 Å². The van der Waals surface area contributed by atoms with Gasteiger partial charge in [-0.15, -0.1) is 0 Å². The fourth-order valence-corrected chi connectivity index (χ4v) is 5.96. The number of amides is 3. The van der Waals surface area contributed by atoms with Crippen LogP contribution in [-0.2, 0) is 10.9 Å². The number of carbonyl (C=O) groups excluding carboxylic acids is 3. The molecule has 268 valence electrons. The van der Waals surface area contributed by atoms with Gasteiger partial charge < -0.3 is 25.2 Å². The number of halogens is 3. The van der Waals surface area contributed by atoms with E-state index in [1.165, 1.54) is 30.7 Å². The first-order valence-electron chi connectivity index (χ1n) is 16.7. The molecule has 0 atom stereocenters. The van der Waals surface area contributed by atoms with Crippen LogP contribution in [0.4, 0.5) is 30.2 Å². The number of hydrogen-bond donors (Lipinski definition) is 2. The van der Waals surface area contributed by atoms with Crippen molar-refractivity contribution in [2.75, 3.05) is 75.1 Å². The molecule has 0 unspecified atom stereocenters. The van der Waals surface area contributed by atoms with E-state index in [1.54, 1.807) is 42.3 Å². The summed E-state index contributed by atoms with van der Waals surface area (Å²) in [5.74, 6) is -1.74. The Morgan fingerprint density at radius 3 is 2.37 bits per heavy atom. The first-order chi connectivity index (χ1) is 24.6. The van der Waals surface area contributed by atoms with E-state index >= 15 is 0 Å². The number of ether oxygens (including phenoxy) is 1. The molecule has 51 heavy (non-hydrogen) atoms. The number of piperidine rings is 1. The van der Waals surface area contributed by atoms with Crippen molar-refractivity contribution in [1.29, 1.82) is 0 Å². The molecule has 3 aromatic heterocycles. The summed E-state index contributed by atoms with van der Waals surface area (Å²) in [4.78, 5) is 54.6. The van der Waals surface area contributed by atoms with Gasteiger partial charge in [-0.05, 0) is 55.7 Å². The Labute approximate surface area is 292 Å². The summed E-state index contributed by atoms with van der Waals surface area (Å²) in [5, 5.41) is 8.74. The molecule has 2 fully saturated rings. The number of likely N-dealkylation sites (N-methyl/N-ethyl adjacent to an activating group) is 1. The summed E-state index contributed by atoms with van der Waals surface area (Å²) < 4.78 is 48.6. The lowest BCUT2D eigenvalue weighted by Crippen LogP contribution is -2.42. The van der Waals surface area contributed by atoms with E-state index in [2.05, 4.69) is 35.5 Å². The molecule has 2 saturated heterocycles. The molecule has 2 aliphatic heterocycles. The minimum absolute atomic E-state index is 0.0586. The van der Waals surface area contributed by atoms with Gasteiger partial charge in [-0.25, -0.2) is 9.67 Å². The second-order valence-electron chi connectivity index (χ2n) is 12.4. The number of benzene rings is 1. The van der Waals surface area contributed by atoms with Crippen LogP contribution in [0.25, 0.3) is 5.82 Å². The van der Waals surface area contributed by atoms with E-state index in [9.17, 15) is 27.6 Å². The van der Waals surface area contributed by atoms with Crippen LogP contribution < -0.4 is 15.5 Å². The summed E-state index contributed by atoms with van der Waals surface area (Å²) >= 11 is 0. The lowest BCUT2D eigenvalue weighted by atomic mass is 10.1. The number of morpholine rings is 1. The SMILES string of the molecule is CN(CCN1CCOCC1)C(=O)c1cncc(C(=O)Nc2ccc(N3CCCCC3)cc2C(=O)Nc2cn(-c3ccccn3)nc2C(F)(F)F)c1. The average Bonchev–Trinajstić information content (AvgIpc) is 3.59. The minimum atomic E-state index is -4.89. The molecule has 6 rings (SSSR count). The lowest BCUT2D eigenvalue weighted by molar-refractivity contribution is -0.140. The summed E-state index contributed by atoms with van der Waals surface area (Å²) in [6.45, 7) is 5.50. The van der Waals surface area contributed by atoms with Crippen molar-refractivity contribution in [3.63, 3.8) is 0 Å². The second-order valence-corrected chi connectivity index (χ2v) is 12.4. The van der Waals surface area contributed by atoms with Crippen molar-refractivity contribution in [3.05, 3.63) is 89.6 Å². The van der Waals surface area contributed by atoms with E-state index in [0.29, 0.717) is 32.0 Å². The van der Waals surface area contributed by atoms with Crippen LogP contribution in [0.2, 0.25) is 0 Å². The van der Waals surface area contributed by atoms with Gasteiger partial charge in [0.15, 0.2) is 11.5 Å². The highest BCUT2D eigenvalue weighted by Crippen LogP contribution is 2.35. The lowest BCUT2D eigenvalue weighted by Gasteiger charge is -2.29. The Balaban J connectivity index is 1.24. The van der Waals surface area contributed by atoms with Crippen LogP contribution in [0, 0.1) is 0 Å². The maximum Gasteiger partial charge on any atom is 0.437 e. The van der Waals surface area contributed by atoms with Crippen molar-refractivity contribution in [3.8, 4) is 5.82 Å². The zero-order chi connectivity index (χ0) is 36.0. The Morgan fingerprint density at radius 1 is 0.902 bits per heavy atom. The molecular formula is C35H38F3N9O4. The van der Waals surface area contributed by atoms with E-state index in [4.69, 9.17) is 4.74 Å². The van der Waals surface area contributed by atoms with E-state index in [1.807, 2.05) is 0 Å². The van der Waals surface area contributed by atoms with Gasteiger partial charge in [0.2, 0.25) is 0 Å². The molecule has 13 nitrogen and oxygen atoms in total. The number of alkyl halides is 3. The third-order valence-electron chi connectivity index (χ3n) is 8.78. The molecule has 0 bridgehead atoms. The molecular weight excluding hydrogens is 667 g/mol. The van der Waals surface area contributed by atoms with E-state index in [-0.39, 0.29) is 34.1 Å². The van der Waals surface area contributed by atoms with Gasteiger partial charge in [0.25, 0.3) is 17.7 Å². The number of anilines is 3. The summed E-state index contributed by atoms with van der Waals surface area (Å²) in [6, 6.07) is 11.0. The monoisotopic (exact) mass is 705 g/mol. The van der Waals surface area contributed by atoms with Crippen LogP contribution in [0.15, 0.2) is 67.3 Å². The predicted octanol–water partition coefficient (Wildman–Crippen LogP) is 4.58. The molecule has 0 saturated carbocycles. The molecule has 2 N–H and O–H groups in total. The zero-order valence-corrected chi connectivity index (χ0v) is 28.0. The quantitative estimate of drug-likeness (QED) is 0.243. The number of nitrogens with zero attached hydrogens (tertiary/aromatic N) is 7. The Kier molecular flexibility index (Phi) is 10.9. The number of hydrogen-bond acceptors (Lipinski definition) is 9. The van der Waals surface area contributed by atoms with Gasteiger partial charge in [0.1, 0.15) is 0 Å². The van der Waals surface area contributed by atoms with Crippen LogP contribution in [0.1, 0.15) is 56.0 Å². The topological polar surface area (TPSA) is 138 Å². The first-order valence-corrected chi connectivity index (χ1v) is 16.7. The smallest absolute Gasteiger partial charge is 0.379 e. The molecule has 0 radical (unpaired) electrons. The van der Waals surface area contributed by atoms with Crippen molar-refractivity contribution < 1.29 is 32.3 Å². The maximum absolute atomic E-state index is 14.1. The molecule has 1 aromatic carbocycles. The zero-order valence-electron chi connectivity index (χ0n) is 28.0. The van der Waals surface area contributed by atoms with Gasteiger partial charge >= 0.3 is 6.18 Å². The Morgan fingerprint density at radius 2 is 1.65 bits per heavy atom. The third kappa shape index (κ3) is 8.69. The summed E-state index contributed by atoms with van der Waals surface area (Å²) in [5.41, 5.74) is -0.933. The molecule has 0 spiro atoms. The fraction of sp³-hybridized carbons (Fsp3) is 0.371. The van der Waals surface area contributed by atoms with Crippen LogP contribution in [-0.4, -0.2) is 107 Å². The average molecular weight is 706 g/mol. The molecule has 3 amide bonds. The van der Waals surface area contributed by atoms with Crippen molar-refractivity contribution >= 4 is 34.8 Å². The van der Waals surface area contributed by atoms with Gasteiger partial charge in [-0.2, -0.15) is 18.3 Å². The summed E-state index contributed by atoms with van der Waals surface area (Å²) in [6.07, 6.45) is 3.21. The Bertz CT molecular complexity index is 1860. The highest BCUT2D eigenvalue weighted by molar-refractivity contribution is 6.13. The molecule has 4 aromatic rings. The third-order valence-corrected chi connectivity index (χ3v) is 8.78. The number of nitrogens with one attached hydrogen (secondary N) is 2. The van der Waals surface area contributed by atoms with Gasteiger partial charge in [-0.1, -0.05) is 6.07 Å². The maximum atomic E-state index is 14.1. The standard InChI is InChI=1S/C35H38F3N9O4/c1-44(13-14-45-15-17-51-18-16-45)34(50)25-19-24(21-39-22-25)32(48)41-28-9-8-26(46-11-5-2-6-12-46)20-27(28)33(49)42-29-23-47(30-7-3-4-10-40-30)43-31(29)35(36,37)38/h3-4,7-10,19-23H,2,5-6,11-18H2,1H3,(H,41,48)(H,42,49). The second kappa shape index (κ2) is 15.7. The number of pyridine rings is 2. The van der Waals surface area contributed by atoms with Crippen molar-refractivity contribution in [1.82, 2.24) is 29.5 Å². The Hall–Kier alpha value is -5.35. The highest BCUT2D eigenvalue weighted by atomic mass is 19.4. The summed E-state index contributed by atoms with van der Waals surface area (Å²) in [7, 11) is 1.68. The van der Waals surface area contributed by atoms with E-state index in [0.717, 1.165) is 56.3 Å². The fourth-order valence-electron chi connectivity index (χ4n) is 5.96. The molecule has 16 heteroatoms. The van der Waals surface area contributed by atoms with Crippen molar-refractivity contribution in [2.24, 2.45) is 0 Å². The van der Waals surface area contributed by atoms with E-state index < -0.39 is 29.4 Å².